The van der Waals surface area contributed by atoms with Crippen LogP contribution >= 0.6 is 11.6 Å². The van der Waals surface area contributed by atoms with Crippen molar-refractivity contribution in [3.8, 4) is 28.1 Å². The Hall–Kier alpha value is -3.70. The van der Waals surface area contributed by atoms with Gasteiger partial charge in [-0.15, -0.1) is 0 Å². The number of ether oxygens (including phenoxy) is 1. The van der Waals surface area contributed by atoms with E-state index < -0.39 is 11.5 Å². The summed E-state index contributed by atoms with van der Waals surface area (Å²) in [7, 11) is 0. The maximum Gasteiger partial charge on any atom is 0.333 e. The van der Waals surface area contributed by atoms with Crippen LogP contribution in [0.15, 0.2) is 95.8 Å². The number of esters is 1. The van der Waals surface area contributed by atoms with Crippen LogP contribution in [0.25, 0.3) is 22.4 Å². The molecular weight excluding hydrogens is 400 g/mol. The molecule has 0 atom stereocenters. The summed E-state index contributed by atoms with van der Waals surface area (Å²) in [5.41, 5.74) is 2.96. The second-order valence-corrected chi connectivity index (χ2v) is 6.97. The third kappa shape index (κ3) is 4.47. The zero-order valence-electron chi connectivity index (χ0n) is 15.9. The average molecular weight is 417 g/mol. The van der Waals surface area contributed by atoms with Crippen molar-refractivity contribution in [2.45, 2.75) is 6.54 Å². The van der Waals surface area contributed by atoms with Crippen LogP contribution in [0.4, 0.5) is 0 Å². The van der Waals surface area contributed by atoms with E-state index in [-0.39, 0.29) is 12.3 Å². The van der Waals surface area contributed by atoms with Crippen LogP contribution < -0.4 is 10.3 Å². The van der Waals surface area contributed by atoms with Gasteiger partial charge in [0.2, 0.25) is 0 Å². The first-order chi connectivity index (χ1) is 14.6. The lowest BCUT2D eigenvalue weighted by Gasteiger charge is -2.10. The van der Waals surface area contributed by atoms with Gasteiger partial charge in [0.25, 0.3) is 5.56 Å². The summed E-state index contributed by atoms with van der Waals surface area (Å²) >= 11 is 6.30. The van der Waals surface area contributed by atoms with Crippen molar-refractivity contribution in [1.82, 2.24) is 9.78 Å². The monoisotopic (exact) mass is 416 g/mol. The SMILES string of the molecule is O=C(Cn1nc(-c2ccccc2)ccc1=O)Oc1ccc(-c2ccccc2)cc1Cl. The number of nitrogens with zero attached hydrogens (tertiary/aromatic N) is 2. The normalized spacial score (nSPS) is 10.6. The smallest absolute Gasteiger partial charge is 0.333 e. The molecule has 0 fully saturated rings. The highest BCUT2D eigenvalue weighted by Crippen LogP contribution is 2.30. The van der Waals surface area contributed by atoms with Gasteiger partial charge in [-0.05, 0) is 29.3 Å². The Morgan fingerprint density at radius 3 is 2.17 bits per heavy atom. The molecule has 3 aromatic carbocycles. The van der Waals surface area contributed by atoms with Gasteiger partial charge in [-0.3, -0.25) is 4.79 Å². The number of benzene rings is 3. The van der Waals surface area contributed by atoms with E-state index >= 15 is 0 Å². The molecule has 6 heteroatoms. The summed E-state index contributed by atoms with van der Waals surface area (Å²) in [5.74, 6) is -0.405. The summed E-state index contributed by atoms with van der Waals surface area (Å²) in [4.78, 5) is 24.5. The fraction of sp³-hybridized carbons (Fsp3) is 0.0417. The van der Waals surface area contributed by atoms with Gasteiger partial charge >= 0.3 is 5.97 Å². The molecule has 0 radical (unpaired) electrons. The van der Waals surface area contributed by atoms with E-state index in [2.05, 4.69) is 5.10 Å². The lowest BCUT2D eigenvalue weighted by Crippen LogP contribution is -2.28. The van der Waals surface area contributed by atoms with Crippen molar-refractivity contribution in [2.75, 3.05) is 0 Å². The standard InChI is InChI=1S/C24H17ClN2O3/c25-20-15-19(17-7-3-1-4-8-17)11-13-22(20)30-24(29)16-27-23(28)14-12-21(26-27)18-9-5-2-6-10-18/h1-15H,16H2. The predicted octanol–water partition coefficient (Wildman–Crippen LogP) is 4.84. The van der Waals surface area contributed by atoms with E-state index in [1.807, 2.05) is 66.7 Å². The lowest BCUT2D eigenvalue weighted by atomic mass is 10.1. The van der Waals surface area contributed by atoms with Gasteiger partial charge in [0.15, 0.2) is 0 Å². The molecule has 30 heavy (non-hydrogen) atoms. The number of carbonyl (C=O) groups excluding carboxylic acids is 1. The molecule has 4 rings (SSSR count). The minimum Gasteiger partial charge on any atom is -0.424 e. The molecule has 0 aliphatic heterocycles. The van der Waals surface area contributed by atoms with Gasteiger partial charge in [0, 0.05) is 11.6 Å². The average Bonchev–Trinajstić information content (AvgIpc) is 2.78. The van der Waals surface area contributed by atoms with E-state index in [4.69, 9.17) is 16.3 Å². The Morgan fingerprint density at radius 2 is 1.50 bits per heavy atom. The molecule has 0 amide bonds. The number of hydrogen-bond acceptors (Lipinski definition) is 4. The minimum absolute atomic E-state index is 0.230. The molecule has 1 heterocycles. The zero-order valence-corrected chi connectivity index (χ0v) is 16.6. The molecule has 0 bridgehead atoms. The van der Waals surface area contributed by atoms with E-state index in [1.54, 1.807) is 18.2 Å². The lowest BCUT2D eigenvalue weighted by molar-refractivity contribution is -0.135. The third-order valence-corrected chi connectivity index (χ3v) is 4.77. The van der Waals surface area contributed by atoms with Crippen molar-refractivity contribution in [3.63, 3.8) is 0 Å². The van der Waals surface area contributed by atoms with Crippen LogP contribution in [0.1, 0.15) is 0 Å². The van der Waals surface area contributed by atoms with Gasteiger partial charge in [-0.2, -0.15) is 5.10 Å². The zero-order chi connectivity index (χ0) is 20.9. The van der Waals surface area contributed by atoms with Crippen LogP contribution in [0.2, 0.25) is 5.02 Å². The number of carbonyl (C=O) groups is 1. The molecule has 5 nitrogen and oxygen atoms in total. The maximum atomic E-state index is 12.4. The molecule has 1 aromatic heterocycles. The molecule has 148 valence electrons. The quantitative estimate of drug-likeness (QED) is 0.345. The second-order valence-electron chi connectivity index (χ2n) is 6.57. The molecule has 4 aromatic rings. The molecule has 0 saturated carbocycles. The fourth-order valence-electron chi connectivity index (χ4n) is 3.00. The number of hydrogen-bond donors (Lipinski definition) is 0. The topological polar surface area (TPSA) is 61.2 Å². The van der Waals surface area contributed by atoms with Gasteiger partial charge in [0.1, 0.15) is 12.3 Å². The number of halogens is 1. The highest BCUT2D eigenvalue weighted by Gasteiger charge is 2.13. The molecule has 0 aliphatic carbocycles. The summed E-state index contributed by atoms with van der Waals surface area (Å²) < 4.78 is 6.45. The van der Waals surface area contributed by atoms with Gasteiger partial charge in [0.05, 0.1) is 10.7 Å². The first kappa shape index (κ1) is 19.6. The van der Waals surface area contributed by atoms with Crippen molar-refractivity contribution >= 4 is 17.6 Å². The Bertz CT molecular complexity index is 1240. The van der Waals surface area contributed by atoms with Crippen LogP contribution in [0.3, 0.4) is 0 Å². The Labute approximate surface area is 178 Å². The minimum atomic E-state index is -0.635. The van der Waals surface area contributed by atoms with E-state index in [0.717, 1.165) is 21.4 Å². The van der Waals surface area contributed by atoms with E-state index in [0.29, 0.717) is 10.7 Å². The Morgan fingerprint density at radius 1 is 0.833 bits per heavy atom. The van der Waals surface area contributed by atoms with Crippen molar-refractivity contribution in [1.29, 1.82) is 0 Å². The summed E-state index contributed by atoms with van der Waals surface area (Å²) in [6, 6.07) is 27.3. The Kier molecular flexibility index (Phi) is 5.72. The summed E-state index contributed by atoms with van der Waals surface area (Å²) in [6.07, 6.45) is 0. The maximum absolute atomic E-state index is 12.4. The third-order valence-electron chi connectivity index (χ3n) is 4.48. The second kappa shape index (κ2) is 8.76. The van der Waals surface area contributed by atoms with Gasteiger partial charge < -0.3 is 4.74 Å². The van der Waals surface area contributed by atoms with E-state index in [9.17, 15) is 9.59 Å². The predicted molar refractivity (Wildman–Crippen MR) is 116 cm³/mol. The molecule has 0 aliphatic rings. The highest BCUT2D eigenvalue weighted by molar-refractivity contribution is 6.32. The van der Waals surface area contributed by atoms with Crippen molar-refractivity contribution in [3.05, 3.63) is 106 Å². The number of aromatic nitrogens is 2. The fourth-order valence-corrected chi connectivity index (χ4v) is 3.22. The molecular formula is C24H17ClN2O3. The molecule has 0 N–H and O–H groups in total. The highest BCUT2D eigenvalue weighted by atomic mass is 35.5. The summed E-state index contributed by atoms with van der Waals surface area (Å²) in [5, 5.41) is 4.58. The van der Waals surface area contributed by atoms with Gasteiger partial charge in [-0.25, -0.2) is 9.48 Å². The van der Waals surface area contributed by atoms with Crippen LogP contribution in [0.5, 0.6) is 5.75 Å². The van der Waals surface area contributed by atoms with Crippen molar-refractivity contribution < 1.29 is 9.53 Å². The van der Waals surface area contributed by atoms with E-state index in [1.165, 1.54) is 6.07 Å². The first-order valence-electron chi connectivity index (χ1n) is 9.29. The largest absolute Gasteiger partial charge is 0.424 e. The van der Waals surface area contributed by atoms with Crippen LogP contribution in [-0.4, -0.2) is 15.7 Å². The van der Waals surface area contributed by atoms with Crippen molar-refractivity contribution in [2.24, 2.45) is 0 Å². The number of rotatable bonds is 5. The Balaban J connectivity index is 1.51. The van der Waals surface area contributed by atoms with Crippen LogP contribution in [-0.2, 0) is 11.3 Å². The summed E-state index contributed by atoms with van der Waals surface area (Å²) in [6.45, 7) is -0.323. The van der Waals surface area contributed by atoms with Crippen LogP contribution in [0, 0.1) is 0 Å². The van der Waals surface area contributed by atoms with Gasteiger partial charge in [-0.1, -0.05) is 78.3 Å². The molecule has 0 unspecified atom stereocenters. The first-order valence-corrected chi connectivity index (χ1v) is 9.67. The molecule has 0 spiro atoms. The molecule has 0 saturated heterocycles.